The van der Waals surface area contributed by atoms with E-state index in [2.05, 4.69) is 10.1 Å². The third kappa shape index (κ3) is 2.61. The molecule has 0 bridgehead atoms. The summed E-state index contributed by atoms with van der Waals surface area (Å²) in [6.45, 7) is 0. The van der Waals surface area contributed by atoms with Crippen LogP contribution in [0.25, 0.3) is 0 Å². The standard InChI is InChI=1S/C12H13F2NO2/c1-17-12(16)11(15-7-5-6-7)10-8(13)3-2-4-9(10)14/h2-4,7,11,15H,5-6H2,1H3. The lowest BCUT2D eigenvalue weighted by atomic mass is 10.1. The van der Waals surface area contributed by atoms with E-state index in [0.717, 1.165) is 25.0 Å². The molecule has 1 aliphatic carbocycles. The fourth-order valence-electron chi connectivity index (χ4n) is 1.66. The molecule has 1 aliphatic rings. The maximum atomic E-state index is 13.6. The second kappa shape index (κ2) is 4.79. The Hall–Kier alpha value is -1.49. The van der Waals surface area contributed by atoms with Gasteiger partial charge < -0.3 is 4.74 Å². The van der Waals surface area contributed by atoms with Crippen molar-refractivity contribution >= 4 is 5.97 Å². The largest absolute Gasteiger partial charge is 0.468 e. The van der Waals surface area contributed by atoms with Crippen LogP contribution in [0.1, 0.15) is 24.4 Å². The highest BCUT2D eigenvalue weighted by Crippen LogP contribution is 2.27. The van der Waals surface area contributed by atoms with E-state index in [0.29, 0.717) is 0 Å². The first-order chi connectivity index (χ1) is 8.13. The van der Waals surface area contributed by atoms with Crippen LogP contribution >= 0.6 is 0 Å². The van der Waals surface area contributed by atoms with E-state index >= 15 is 0 Å². The molecule has 1 unspecified atom stereocenters. The smallest absolute Gasteiger partial charge is 0.327 e. The van der Waals surface area contributed by atoms with E-state index in [4.69, 9.17) is 0 Å². The number of ether oxygens (including phenoxy) is 1. The average Bonchev–Trinajstić information content (AvgIpc) is 3.10. The monoisotopic (exact) mass is 241 g/mol. The molecule has 1 saturated carbocycles. The van der Waals surface area contributed by atoms with Crippen LogP contribution in [-0.2, 0) is 9.53 Å². The van der Waals surface area contributed by atoms with Gasteiger partial charge in [-0.2, -0.15) is 0 Å². The number of benzene rings is 1. The molecular weight excluding hydrogens is 228 g/mol. The number of rotatable bonds is 4. The lowest BCUT2D eigenvalue weighted by Crippen LogP contribution is -2.32. The van der Waals surface area contributed by atoms with E-state index < -0.39 is 23.6 Å². The molecule has 0 aromatic heterocycles. The number of hydrogen-bond acceptors (Lipinski definition) is 3. The van der Waals surface area contributed by atoms with Crippen molar-refractivity contribution in [1.29, 1.82) is 0 Å². The summed E-state index contributed by atoms with van der Waals surface area (Å²) in [5.41, 5.74) is -0.272. The minimum Gasteiger partial charge on any atom is -0.468 e. The number of carbonyl (C=O) groups is 1. The first kappa shape index (κ1) is 12.0. The molecule has 0 aliphatic heterocycles. The number of methoxy groups -OCH3 is 1. The van der Waals surface area contributed by atoms with Gasteiger partial charge in [0.25, 0.3) is 0 Å². The SMILES string of the molecule is COC(=O)C(NC1CC1)c1c(F)cccc1F. The number of halogens is 2. The Bertz CT molecular complexity index is 412. The van der Waals surface area contributed by atoms with Gasteiger partial charge in [-0.25, -0.2) is 13.6 Å². The first-order valence-electron chi connectivity index (χ1n) is 5.41. The molecule has 3 nitrogen and oxygen atoms in total. The maximum Gasteiger partial charge on any atom is 0.327 e. The quantitative estimate of drug-likeness (QED) is 0.818. The van der Waals surface area contributed by atoms with Crippen LogP contribution in [0.5, 0.6) is 0 Å². The van der Waals surface area contributed by atoms with Crippen LogP contribution in [0.2, 0.25) is 0 Å². The molecule has 1 aromatic rings. The van der Waals surface area contributed by atoms with Crippen LogP contribution in [0.15, 0.2) is 18.2 Å². The Balaban J connectivity index is 2.32. The minimum atomic E-state index is -1.08. The van der Waals surface area contributed by atoms with E-state index in [1.54, 1.807) is 0 Å². The predicted molar refractivity (Wildman–Crippen MR) is 57.3 cm³/mol. The molecule has 0 saturated heterocycles. The van der Waals surface area contributed by atoms with Crippen molar-refractivity contribution in [3.8, 4) is 0 Å². The van der Waals surface area contributed by atoms with Gasteiger partial charge in [-0.3, -0.25) is 5.32 Å². The molecule has 0 heterocycles. The molecular formula is C12H13F2NO2. The van der Waals surface area contributed by atoms with Crippen molar-refractivity contribution in [1.82, 2.24) is 5.32 Å². The van der Waals surface area contributed by atoms with Crippen LogP contribution in [0, 0.1) is 11.6 Å². The Kier molecular flexibility index (Phi) is 3.38. The van der Waals surface area contributed by atoms with Crippen molar-refractivity contribution in [2.75, 3.05) is 7.11 Å². The predicted octanol–water partition coefficient (Wildman–Crippen LogP) is 1.93. The molecule has 5 heteroatoms. The van der Waals surface area contributed by atoms with Crippen molar-refractivity contribution < 1.29 is 18.3 Å². The van der Waals surface area contributed by atoms with Gasteiger partial charge in [0.2, 0.25) is 0 Å². The molecule has 2 rings (SSSR count). The topological polar surface area (TPSA) is 38.3 Å². The molecule has 1 atom stereocenters. The molecule has 17 heavy (non-hydrogen) atoms. The second-order valence-electron chi connectivity index (χ2n) is 4.03. The van der Waals surface area contributed by atoms with Gasteiger partial charge in [-0.1, -0.05) is 6.07 Å². The van der Waals surface area contributed by atoms with Crippen LogP contribution in [-0.4, -0.2) is 19.1 Å². The highest BCUT2D eigenvalue weighted by molar-refractivity contribution is 5.77. The van der Waals surface area contributed by atoms with Crippen LogP contribution in [0.3, 0.4) is 0 Å². The van der Waals surface area contributed by atoms with Gasteiger partial charge in [0.15, 0.2) is 0 Å². The number of hydrogen-bond donors (Lipinski definition) is 1. The summed E-state index contributed by atoms with van der Waals surface area (Å²) in [7, 11) is 1.20. The Morgan fingerprint density at radius 3 is 2.47 bits per heavy atom. The zero-order valence-corrected chi connectivity index (χ0v) is 9.37. The summed E-state index contributed by atoms with van der Waals surface area (Å²) in [6, 6.07) is 2.58. The van der Waals surface area contributed by atoms with Gasteiger partial charge in [0.1, 0.15) is 17.7 Å². The van der Waals surface area contributed by atoms with Gasteiger partial charge in [0, 0.05) is 6.04 Å². The van der Waals surface area contributed by atoms with E-state index in [1.807, 2.05) is 0 Å². The number of carbonyl (C=O) groups excluding carboxylic acids is 1. The lowest BCUT2D eigenvalue weighted by molar-refractivity contribution is -0.143. The van der Waals surface area contributed by atoms with Crippen molar-refractivity contribution in [3.63, 3.8) is 0 Å². The van der Waals surface area contributed by atoms with Crippen LogP contribution in [0.4, 0.5) is 8.78 Å². The molecule has 92 valence electrons. The van der Waals surface area contributed by atoms with Crippen molar-refractivity contribution in [2.24, 2.45) is 0 Å². The molecule has 0 amide bonds. The first-order valence-corrected chi connectivity index (χ1v) is 5.41. The van der Waals surface area contributed by atoms with Crippen molar-refractivity contribution in [2.45, 2.75) is 24.9 Å². The van der Waals surface area contributed by atoms with Gasteiger partial charge in [-0.15, -0.1) is 0 Å². The Morgan fingerprint density at radius 2 is 2.00 bits per heavy atom. The fourth-order valence-corrected chi connectivity index (χ4v) is 1.66. The zero-order valence-electron chi connectivity index (χ0n) is 9.37. The van der Waals surface area contributed by atoms with Crippen LogP contribution < -0.4 is 5.32 Å². The Morgan fingerprint density at radius 1 is 1.41 bits per heavy atom. The highest BCUT2D eigenvalue weighted by atomic mass is 19.1. The number of nitrogens with one attached hydrogen (secondary N) is 1. The summed E-state index contributed by atoms with van der Waals surface area (Å²) in [6.07, 6.45) is 1.81. The zero-order chi connectivity index (χ0) is 12.4. The lowest BCUT2D eigenvalue weighted by Gasteiger charge is -2.17. The molecule has 0 radical (unpaired) electrons. The molecule has 0 spiro atoms. The highest BCUT2D eigenvalue weighted by Gasteiger charge is 2.33. The number of esters is 1. The summed E-state index contributed by atoms with van der Waals surface area (Å²) >= 11 is 0. The third-order valence-electron chi connectivity index (χ3n) is 2.70. The summed E-state index contributed by atoms with van der Waals surface area (Å²) in [5, 5.41) is 2.89. The summed E-state index contributed by atoms with van der Waals surface area (Å²) in [5.74, 6) is -2.16. The van der Waals surface area contributed by atoms with E-state index in [9.17, 15) is 13.6 Å². The molecule has 1 aromatic carbocycles. The van der Waals surface area contributed by atoms with Gasteiger partial charge in [-0.05, 0) is 25.0 Å². The summed E-state index contributed by atoms with van der Waals surface area (Å²) in [4.78, 5) is 11.6. The summed E-state index contributed by atoms with van der Waals surface area (Å²) < 4.78 is 31.7. The van der Waals surface area contributed by atoms with Gasteiger partial charge in [0.05, 0.1) is 12.7 Å². The third-order valence-corrected chi connectivity index (χ3v) is 2.70. The second-order valence-corrected chi connectivity index (χ2v) is 4.03. The molecule has 1 fully saturated rings. The minimum absolute atomic E-state index is 0.137. The van der Waals surface area contributed by atoms with E-state index in [1.165, 1.54) is 13.2 Å². The van der Waals surface area contributed by atoms with Gasteiger partial charge >= 0.3 is 5.97 Å². The average molecular weight is 241 g/mol. The Labute approximate surface area is 97.8 Å². The fraction of sp³-hybridized carbons (Fsp3) is 0.417. The normalized spacial score (nSPS) is 16.6. The van der Waals surface area contributed by atoms with E-state index in [-0.39, 0.29) is 11.6 Å². The van der Waals surface area contributed by atoms with Crippen molar-refractivity contribution in [3.05, 3.63) is 35.4 Å². The molecule has 1 N–H and O–H groups in total. The maximum absolute atomic E-state index is 13.6.